The second-order valence-electron chi connectivity index (χ2n) is 4.20. The van der Waals surface area contributed by atoms with Gasteiger partial charge in [0.25, 0.3) is 5.56 Å². The summed E-state index contributed by atoms with van der Waals surface area (Å²) in [6.45, 7) is 0.963. The number of benzene rings is 1. The first-order valence-corrected chi connectivity index (χ1v) is 6.45. The van der Waals surface area contributed by atoms with Crippen molar-refractivity contribution in [1.82, 2.24) is 14.9 Å². The van der Waals surface area contributed by atoms with Crippen molar-refractivity contribution in [3.63, 3.8) is 0 Å². The molecule has 88 valence electrons. The van der Waals surface area contributed by atoms with E-state index < -0.39 is 0 Å². The van der Waals surface area contributed by atoms with Gasteiger partial charge in [0, 0.05) is 4.47 Å². The number of nitrogens with zero attached hydrogens (tertiary/aromatic N) is 2. The van der Waals surface area contributed by atoms with Crippen LogP contribution in [0.15, 0.2) is 33.8 Å². The van der Waals surface area contributed by atoms with Crippen LogP contribution >= 0.6 is 15.9 Å². The smallest absolute Gasteiger partial charge is 0.263 e. The standard InChI is InChI=1S/C12H12BrN3O/c13-8-3-1-4-9-11(8)12(17)16(7-15-9)10-5-2-6-14-10/h1,3-4,7,10,14H,2,5-6H2. The van der Waals surface area contributed by atoms with Gasteiger partial charge in [-0.25, -0.2) is 4.98 Å². The van der Waals surface area contributed by atoms with E-state index in [2.05, 4.69) is 26.2 Å². The van der Waals surface area contributed by atoms with Gasteiger partial charge in [-0.1, -0.05) is 6.07 Å². The Morgan fingerprint density at radius 3 is 3.12 bits per heavy atom. The zero-order valence-electron chi connectivity index (χ0n) is 9.19. The van der Waals surface area contributed by atoms with E-state index in [4.69, 9.17) is 0 Å². The Labute approximate surface area is 107 Å². The van der Waals surface area contributed by atoms with Crippen molar-refractivity contribution in [3.8, 4) is 0 Å². The number of nitrogens with one attached hydrogen (secondary N) is 1. The molecule has 5 heteroatoms. The summed E-state index contributed by atoms with van der Waals surface area (Å²) in [5.74, 6) is 0. The Bertz CT molecular complexity index is 617. The number of halogens is 1. The maximum atomic E-state index is 12.4. The molecule has 1 saturated heterocycles. The molecule has 2 heterocycles. The lowest BCUT2D eigenvalue weighted by atomic mass is 10.2. The second kappa shape index (κ2) is 4.23. The molecule has 1 aliphatic heterocycles. The van der Waals surface area contributed by atoms with Crippen LogP contribution in [-0.4, -0.2) is 16.1 Å². The van der Waals surface area contributed by atoms with E-state index >= 15 is 0 Å². The van der Waals surface area contributed by atoms with Crippen molar-refractivity contribution >= 4 is 26.8 Å². The highest BCUT2D eigenvalue weighted by atomic mass is 79.9. The molecule has 0 bridgehead atoms. The van der Waals surface area contributed by atoms with Gasteiger partial charge < -0.3 is 0 Å². The quantitative estimate of drug-likeness (QED) is 0.875. The van der Waals surface area contributed by atoms with E-state index in [1.807, 2.05) is 18.2 Å². The Hall–Kier alpha value is -1.20. The molecule has 1 aromatic heterocycles. The highest BCUT2D eigenvalue weighted by Gasteiger charge is 2.18. The highest BCUT2D eigenvalue weighted by Crippen LogP contribution is 2.20. The van der Waals surface area contributed by atoms with Gasteiger partial charge in [-0.05, 0) is 47.4 Å². The topological polar surface area (TPSA) is 46.9 Å². The van der Waals surface area contributed by atoms with Crippen LogP contribution in [0.1, 0.15) is 19.0 Å². The minimum atomic E-state index is 0.0156. The van der Waals surface area contributed by atoms with Gasteiger partial charge >= 0.3 is 0 Å². The molecular formula is C12H12BrN3O. The Kier molecular flexibility index (Phi) is 2.72. The molecule has 4 nitrogen and oxygen atoms in total. The first-order chi connectivity index (χ1) is 8.27. The van der Waals surface area contributed by atoms with Gasteiger partial charge in [0.05, 0.1) is 23.4 Å². The summed E-state index contributed by atoms with van der Waals surface area (Å²) in [5.41, 5.74) is 0.750. The van der Waals surface area contributed by atoms with E-state index in [9.17, 15) is 4.79 Å². The number of fused-ring (bicyclic) bond motifs is 1. The SMILES string of the molecule is O=c1c2c(Br)cccc2ncn1C1CCCN1. The fourth-order valence-corrected chi connectivity index (χ4v) is 2.79. The maximum absolute atomic E-state index is 12.4. The van der Waals surface area contributed by atoms with E-state index in [0.29, 0.717) is 5.39 Å². The zero-order valence-corrected chi connectivity index (χ0v) is 10.8. The number of hydrogen-bond acceptors (Lipinski definition) is 3. The predicted molar refractivity (Wildman–Crippen MR) is 70.0 cm³/mol. The van der Waals surface area contributed by atoms with Crippen molar-refractivity contribution in [2.24, 2.45) is 0 Å². The van der Waals surface area contributed by atoms with Gasteiger partial charge in [-0.3, -0.25) is 14.7 Å². The van der Waals surface area contributed by atoms with Crippen LogP contribution in [0.4, 0.5) is 0 Å². The van der Waals surface area contributed by atoms with Crippen LogP contribution < -0.4 is 10.9 Å². The minimum Gasteiger partial charge on any atom is -0.297 e. The third kappa shape index (κ3) is 1.79. The lowest BCUT2D eigenvalue weighted by Gasteiger charge is -2.14. The van der Waals surface area contributed by atoms with Crippen LogP contribution in [0.2, 0.25) is 0 Å². The van der Waals surface area contributed by atoms with Crippen molar-refractivity contribution < 1.29 is 0 Å². The fraction of sp³-hybridized carbons (Fsp3) is 0.333. The lowest BCUT2D eigenvalue weighted by molar-refractivity contribution is 0.453. The van der Waals surface area contributed by atoms with Crippen LogP contribution in [0.25, 0.3) is 10.9 Å². The zero-order chi connectivity index (χ0) is 11.8. The van der Waals surface area contributed by atoms with E-state index in [1.165, 1.54) is 0 Å². The summed E-state index contributed by atoms with van der Waals surface area (Å²) in [6, 6.07) is 5.61. The first-order valence-electron chi connectivity index (χ1n) is 5.66. The molecule has 1 N–H and O–H groups in total. The lowest BCUT2D eigenvalue weighted by Crippen LogP contribution is -2.30. The van der Waals surface area contributed by atoms with Crippen molar-refractivity contribution in [2.75, 3.05) is 6.54 Å². The minimum absolute atomic E-state index is 0.0156. The molecule has 1 aromatic carbocycles. The van der Waals surface area contributed by atoms with Gasteiger partial charge in [-0.15, -0.1) is 0 Å². The molecule has 3 rings (SSSR count). The molecule has 0 aliphatic carbocycles. The summed E-state index contributed by atoms with van der Waals surface area (Å²) in [6.07, 6.45) is 3.81. The molecule has 1 unspecified atom stereocenters. The third-order valence-electron chi connectivity index (χ3n) is 3.13. The average Bonchev–Trinajstić information content (AvgIpc) is 2.83. The molecule has 0 radical (unpaired) electrons. The molecule has 2 aromatic rings. The van der Waals surface area contributed by atoms with Gasteiger partial charge in [-0.2, -0.15) is 0 Å². The Morgan fingerprint density at radius 2 is 2.35 bits per heavy atom. The summed E-state index contributed by atoms with van der Waals surface area (Å²) >= 11 is 3.42. The number of hydrogen-bond donors (Lipinski definition) is 1. The molecule has 17 heavy (non-hydrogen) atoms. The predicted octanol–water partition coefficient (Wildman–Crippen LogP) is 2.04. The first kappa shape index (κ1) is 10.9. The summed E-state index contributed by atoms with van der Waals surface area (Å²) in [7, 11) is 0. The van der Waals surface area contributed by atoms with Crippen LogP contribution in [-0.2, 0) is 0 Å². The van der Waals surface area contributed by atoms with Crippen LogP contribution in [0.3, 0.4) is 0 Å². The van der Waals surface area contributed by atoms with Crippen molar-refractivity contribution in [2.45, 2.75) is 19.0 Å². The molecular weight excluding hydrogens is 282 g/mol. The van der Waals surface area contributed by atoms with Crippen LogP contribution in [0, 0.1) is 0 Å². The highest BCUT2D eigenvalue weighted by molar-refractivity contribution is 9.10. The van der Waals surface area contributed by atoms with Gasteiger partial charge in [0.2, 0.25) is 0 Å². The second-order valence-corrected chi connectivity index (χ2v) is 5.06. The van der Waals surface area contributed by atoms with Crippen molar-refractivity contribution in [3.05, 3.63) is 39.4 Å². The molecule has 1 atom stereocenters. The molecule has 1 fully saturated rings. The number of rotatable bonds is 1. The van der Waals surface area contributed by atoms with E-state index in [0.717, 1.165) is 29.4 Å². The Morgan fingerprint density at radius 1 is 1.47 bits per heavy atom. The fourth-order valence-electron chi connectivity index (χ4n) is 2.26. The van der Waals surface area contributed by atoms with Gasteiger partial charge in [0.15, 0.2) is 0 Å². The maximum Gasteiger partial charge on any atom is 0.263 e. The molecule has 0 spiro atoms. The average molecular weight is 294 g/mol. The van der Waals surface area contributed by atoms with Crippen LogP contribution in [0.5, 0.6) is 0 Å². The molecule has 0 saturated carbocycles. The Balaban J connectivity index is 2.25. The van der Waals surface area contributed by atoms with Gasteiger partial charge in [0.1, 0.15) is 0 Å². The largest absolute Gasteiger partial charge is 0.297 e. The van der Waals surface area contributed by atoms with Crippen molar-refractivity contribution in [1.29, 1.82) is 0 Å². The summed E-state index contributed by atoms with van der Waals surface area (Å²) in [4.78, 5) is 16.7. The number of aromatic nitrogens is 2. The normalized spacial score (nSPS) is 19.9. The van der Waals surface area contributed by atoms with E-state index in [-0.39, 0.29) is 11.7 Å². The third-order valence-corrected chi connectivity index (χ3v) is 3.79. The monoisotopic (exact) mass is 293 g/mol. The van der Waals surface area contributed by atoms with E-state index in [1.54, 1.807) is 10.9 Å². The summed E-state index contributed by atoms with van der Waals surface area (Å²) < 4.78 is 2.50. The molecule has 1 aliphatic rings. The summed E-state index contributed by atoms with van der Waals surface area (Å²) in [5, 5.41) is 3.96. The molecule has 0 amide bonds.